The summed E-state index contributed by atoms with van der Waals surface area (Å²) in [5, 5.41) is 0. The van der Waals surface area contributed by atoms with Crippen molar-refractivity contribution in [1.82, 2.24) is 0 Å². The fourth-order valence-corrected chi connectivity index (χ4v) is 0. The van der Waals surface area contributed by atoms with Gasteiger partial charge in [0, 0.05) is 0 Å². The first-order valence-electron chi connectivity index (χ1n) is 0.204. The SMILES string of the molecule is [H-].[H-].[H-].[Li+].[O]=[Ti].[Sr+2]. The Bertz CT molecular complexity index is 14.9. The monoisotopic (exact) mass is 162 g/mol. The molecule has 0 bridgehead atoms. The van der Waals surface area contributed by atoms with Gasteiger partial charge in [0.1, 0.15) is 0 Å². The van der Waals surface area contributed by atoms with Crippen LogP contribution in [0.15, 0.2) is 0 Å². The quantitative estimate of drug-likeness (QED) is 0.343. The predicted octanol–water partition coefficient (Wildman–Crippen LogP) is -3.16. The van der Waals surface area contributed by atoms with Gasteiger partial charge in [-0.15, -0.1) is 0 Å². The van der Waals surface area contributed by atoms with Crippen molar-refractivity contribution in [2.24, 2.45) is 0 Å². The Morgan fingerprint density at radius 3 is 1.50 bits per heavy atom. The Balaban J connectivity index is -0.000000000500. The minimum Gasteiger partial charge on any atom is 2.00 e. The first kappa shape index (κ1) is 16.0. The summed E-state index contributed by atoms with van der Waals surface area (Å²) in [4.78, 5) is 0. The molecule has 0 fully saturated rings. The molecule has 4 heavy (non-hydrogen) atoms. The summed E-state index contributed by atoms with van der Waals surface area (Å²) in [5.41, 5.74) is 0. The minimum atomic E-state index is 0. The van der Waals surface area contributed by atoms with E-state index < -0.39 is 0 Å². The van der Waals surface area contributed by atoms with Crippen LogP contribution in [0.5, 0.6) is 0 Å². The summed E-state index contributed by atoms with van der Waals surface area (Å²) in [5.74, 6) is 0. The van der Waals surface area contributed by atoms with Crippen LogP contribution in [0.25, 0.3) is 0 Å². The molecule has 0 radical (unpaired) electrons. The maximum atomic E-state index is 8.25. The third-order valence-corrected chi connectivity index (χ3v) is 0. The minimum absolute atomic E-state index is 0. The Hall–Kier alpha value is 2.59. The smallest absolute Gasteiger partial charge is 2.00 e. The summed E-state index contributed by atoms with van der Waals surface area (Å²) >= 11 is 0.750. The van der Waals surface area contributed by atoms with E-state index in [9.17, 15) is 0 Å². The summed E-state index contributed by atoms with van der Waals surface area (Å²) in [6, 6.07) is 0. The molecule has 0 aromatic carbocycles. The second-order valence-corrected chi connectivity index (χ2v) is 0. The predicted molar refractivity (Wildman–Crippen MR) is 9.78 cm³/mol. The molecule has 0 aromatic rings. The maximum absolute atomic E-state index is 8.25. The molecule has 0 amide bonds. The molecule has 0 saturated heterocycles. The van der Waals surface area contributed by atoms with Crippen LogP contribution in [0.3, 0.4) is 0 Å². The van der Waals surface area contributed by atoms with Crippen LogP contribution in [0, 0.1) is 0 Å². The molecule has 4 heteroatoms. The molecule has 0 N–H and O–H groups in total. The molecule has 0 unspecified atom stereocenters. The largest absolute Gasteiger partial charge is 2.00 e. The molecule has 0 heterocycles. The van der Waals surface area contributed by atoms with Gasteiger partial charge >= 0.3 is 88.1 Å². The molecule has 0 saturated carbocycles. The molecule has 0 rings (SSSR count). The topological polar surface area (TPSA) is 17.1 Å². The molecule has 0 atom stereocenters. The third kappa shape index (κ3) is 8.82. The molecule has 1 nitrogen and oxygen atoms in total. The van der Waals surface area contributed by atoms with Gasteiger partial charge < -0.3 is 4.28 Å². The van der Waals surface area contributed by atoms with Crippen LogP contribution in [-0.4, -0.2) is 45.5 Å². The Morgan fingerprint density at radius 2 is 1.50 bits per heavy atom. The summed E-state index contributed by atoms with van der Waals surface area (Å²) in [7, 11) is 0. The Kier molecular flexibility index (Phi) is 70.1. The summed E-state index contributed by atoms with van der Waals surface area (Å²) in [6.45, 7) is 0. The van der Waals surface area contributed by atoms with Crippen molar-refractivity contribution in [2.75, 3.05) is 0 Å². The van der Waals surface area contributed by atoms with Crippen molar-refractivity contribution < 1.29 is 46.9 Å². The van der Waals surface area contributed by atoms with Crippen molar-refractivity contribution in [2.45, 2.75) is 0 Å². The average Bonchev–Trinajstić information content (AvgIpc) is 1.00. The van der Waals surface area contributed by atoms with Crippen LogP contribution in [0.1, 0.15) is 4.28 Å². The molecule has 0 aliphatic heterocycles. The van der Waals surface area contributed by atoms with Crippen LogP contribution in [0.4, 0.5) is 0 Å². The Morgan fingerprint density at radius 1 is 1.50 bits per heavy atom. The molecule has 0 aliphatic carbocycles. The summed E-state index contributed by atoms with van der Waals surface area (Å²) in [6.07, 6.45) is 0. The van der Waals surface area contributed by atoms with E-state index in [1.54, 1.807) is 0 Å². The molecule has 0 spiro atoms. The zero-order valence-corrected chi connectivity index (χ0v) is 7.65. The Labute approximate surface area is 90.5 Å². The van der Waals surface area contributed by atoms with Crippen molar-refractivity contribution in [1.29, 1.82) is 0 Å². The molecular formula is H3LiOSrTi. The van der Waals surface area contributed by atoms with Gasteiger partial charge in [-0.2, -0.15) is 0 Å². The fraction of sp³-hybridized carbons (Fsp3) is 0. The van der Waals surface area contributed by atoms with E-state index in [0.717, 1.165) is 20.4 Å². The van der Waals surface area contributed by atoms with Gasteiger partial charge in [-0.1, -0.05) is 0 Å². The molecule has 0 aliphatic rings. The van der Waals surface area contributed by atoms with Crippen molar-refractivity contribution in [3.63, 3.8) is 0 Å². The van der Waals surface area contributed by atoms with Crippen LogP contribution < -0.4 is 18.9 Å². The third-order valence-electron chi connectivity index (χ3n) is 0. The summed E-state index contributed by atoms with van der Waals surface area (Å²) < 4.78 is 8.25. The van der Waals surface area contributed by atoms with Gasteiger partial charge in [-0.25, -0.2) is 0 Å². The zero-order valence-electron chi connectivity index (χ0n) is 5.62. The van der Waals surface area contributed by atoms with E-state index in [1.807, 2.05) is 0 Å². The van der Waals surface area contributed by atoms with E-state index in [1.165, 1.54) is 0 Å². The maximum Gasteiger partial charge on any atom is 2.00 e. The van der Waals surface area contributed by atoms with Gasteiger partial charge in [-0.3, -0.25) is 0 Å². The standard InChI is InChI=1S/Li.O.Sr.Ti.3H/q+1;;+2;;3*-1. The molecule has 16 valence electrons. The number of hydrogen-bond donors (Lipinski definition) is 0. The van der Waals surface area contributed by atoms with Crippen LogP contribution >= 0.6 is 0 Å². The van der Waals surface area contributed by atoms with E-state index in [2.05, 4.69) is 0 Å². The van der Waals surface area contributed by atoms with E-state index in [-0.39, 0.29) is 68.6 Å². The van der Waals surface area contributed by atoms with Gasteiger partial charge in [0.25, 0.3) is 0 Å². The fourth-order valence-electron chi connectivity index (χ4n) is 0. The first-order chi connectivity index (χ1) is 1.00. The normalized spacial score (nSPS) is 0.750. The number of hydrogen-bond acceptors (Lipinski definition) is 1. The van der Waals surface area contributed by atoms with Gasteiger partial charge in [-0.05, 0) is 0 Å². The zero-order chi connectivity index (χ0) is 2.00. The first-order valence-corrected chi connectivity index (χ1v) is 0.842. The van der Waals surface area contributed by atoms with Crippen molar-refractivity contribution in [3.05, 3.63) is 0 Å². The number of rotatable bonds is 0. The van der Waals surface area contributed by atoms with Crippen molar-refractivity contribution in [3.8, 4) is 0 Å². The van der Waals surface area contributed by atoms with Crippen LogP contribution in [-0.2, 0) is 23.7 Å². The molecule has 0 aromatic heterocycles. The van der Waals surface area contributed by atoms with E-state index >= 15 is 0 Å². The van der Waals surface area contributed by atoms with E-state index in [4.69, 9.17) is 3.32 Å². The van der Waals surface area contributed by atoms with Gasteiger partial charge in [0.2, 0.25) is 0 Å². The van der Waals surface area contributed by atoms with Gasteiger partial charge in [0.15, 0.2) is 0 Å². The van der Waals surface area contributed by atoms with E-state index in [0.29, 0.717) is 0 Å². The van der Waals surface area contributed by atoms with Crippen LogP contribution in [0.2, 0.25) is 0 Å². The average molecular weight is 161 g/mol. The second-order valence-electron chi connectivity index (χ2n) is 0. The van der Waals surface area contributed by atoms with Gasteiger partial charge in [0.05, 0.1) is 0 Å². The molecular weight excluding hydrogens is 158 g/mol. The van der Waals surface area contributed by atoms with Crippen molar-refractivity contribution >= 4 is 45.5 Å². The second kappa shape index (κ2) is 17.6.